The normalized spacial score (nSPS) is 16.4. The van der Waals surface area contributed by atoms with Crippen LogP contribution in [0.25, 0.3) is 11.0 Å². The number of aromatic nitrogens is 2. The highest BCUT2D eigenvalue weighted by atomic mass is 35.5. The number of fused-ring (bicyclic) bond motifs is 1. The Labute approximate surface area is 104 Å². The summed E-state index contributed by atoms with van der Waals surface area (Å²) in [6.45, 7) is 0. The van der Waals surface area contributed by atoms with Gasteiger partial charge >= 0.3 is 0 Å². The Hall–Kier alpha value is -1.09. The van der Waals surface area contributed by atoms with E-state index < -0.39 is 0 Å². The fourth-order valence-electron chi connectivity index (χ4n) is 2.44. The van der Waals surface area contributed by atoms with E-state index in [0.29, 0.717) is 11.9 Å². The molecular weight excluding hydrogens is 239 g/mol. The molecule has 1 fully saturated rings. The van der Waals surface area contributed by atoms with E-state index in [1.165, 1.54) is 31.4 Å². The van der Waals surface area contributed by atoms with Gasteiger partial charge in [0.15, 0.2) is 0 Å². The summed E-state index contributed by atoms with van der Waals surface area (Å²) in [5.74, 6) is 1.32. The summed E-state index contributed by atoms with van der Waals surface area (Å²) in [6, 6.07) is 5.36. The van der Waals surface area contributed by atoms with Crippen molar-refractivity contribution in [2.24, 2.45) is 0 Å². The van der Waals surface area contributed by atoms with Gasteiger partial charge in [-0.2, -0.15) is 0 Å². The van der Waals surface area contributed by atoms with Gasteiger partial charge < -0.3 is 4.57 Å². The highest BCUT2D eigenvalue weighted by Gasteiger charge is 2.24. The summed E-state index contributed by atoms with van der Waals surface area (Å²) in [4.78, 5) is 4.50. The Kier molecular flexibility index (Phi) is 2.79. The maximum absolute atomic E-state index is 13.2. The molecule has 0 amide bonds. The molecule has 1 aliphatic rings. The highest BCUT2D eigenvalue weighted by Crippen LogP contribution is 2.35. The zero-order valence-electron chi connectivity index (χ0n) is 9.50. The fourth-order valence-corrected chi connectivity index (χ4v) is 2.60. The Morgan fingerprint density at radius 3 is 2.88 bits per heavy atom. The molecule has 1 aromatic carbocycles. The highest BCUT2D eigenvalue weighted by molar-refractivity contribution is 6.17. The molecule has 2 nitrogen and oxygen atoms in total. The van der Waals surface area contributed by atoms with Crippen molar-refractivity contribution in [3.8, 4) is 0 Å². The molecule has 0 bridgehead atoms. The van der Waals surface area contributed by atoms with Crippen LogP contribution < -0.4 is 0 Å². The number of imidazole rings is 1. The molecule has 3 rings (SSSR count). The van der Waals surface area contributed by atoms with Gasteiger partial charge in [0, 0.05) is 24.4 Å². The number of hydrogen-bond acceptors (Lipinski definition) is 1. The van der Waals surface area contributed by atoms with E-state index in [2.05, 4.69) is 9.55 Å². The van der Waals surface area contributed by atoms with Gasteiger partial charge in [0.2, 0.25) is 0 Å². The summed E-state index contributed by atoms with van der Waals surface area (Å²) >= 11 is 5.81. The van der Waals surface area contributed by atoms with Crippen molar-refractivity contribution in [3.05, 3.63) is 29.8 Å². The molecule has 2 aromatic rings. The van der Waals surface area contributed by atoms with Gasteiger partial charge in [0.1, 0.15) is 11.6 Å². The van der Waals surface area contributed by atoms with Crippen molar-refractivity contribution >= 4 is 22.6 Å². The molecule has 0 atom stereocenters. The first kappa shape index (κ1) is 11.0. The van der Waals surface area contributed by atoms with E-state index in [-0.39, 0.29) is 5.82 Å². The number of hydrogen-bond donors (Lipinski definition) is 0. The van der Waals surface area contributed by atoms with Crippen LogP contribution >= 0.6 is 11.6 Å². The van der Waals surface area contributed by atoms with Crippen LogP contribution in [0.2, 0.25) is 0 Å². The number of alkyl halides is 1. The average Bonchev–Trinajstić information content (AvgIpc) is 2.55. The number of nitrogens with zero attached hydrogens (tertiary/aromatic N) is 2. The molecule has 17 heavy (non-hydrogen) atoms. The molecule has 90 valence electrons. The van der Waals surface area contributed by atoms with Crippen LogP contribution in [0.1, 0.15) is 31.1 Å². The summed E-state index contributed by atoms with van der Waals surface area (Å²) in [5.41, 5.74) is 1.79. The van der Waals surface area contributed by atoms with Crippen LogP contribution in [-0.2, 0) is 6.42 Å². The van der Waals surface area contributed by atoms with Crippen LogP contribution in [0.15, 0.2) is 18.2 Å². The van der Waals surface area contributed by atoms with E-state index in [4.69, 9.17) is 11.6 Å². The van der Waals surface area contributed by atoms with Crippen molar-refractivity contribution < 1.29 is 4.39 Å². The second kappa shape index (κ2) is 4.30. The number of benzene rings is 1. The van der Waals surface area contributed by atoms with Crippen molar-refractivity contribution in [1.29, 1.82) is 0 Å². The Balaban J connectivity index is 2.16. The molecule has 1 aliphatic carbocycles. The first-order chi connectivity index (χ1) is 8.29. The van der Waals surface area contributed by atoms with Gasteiger partial charge in [-0.3, -0.25) is 0 Å². The van der Waals surface area contributed by atoms with E-state index in [9.17, 15) is 4.39 Å². The third-order valence-electron chi connectivity index (χ3n) is 3.48. The Morgan fingerprint density at radius 1 is 1.41 bits per heavy atom. The van der Waals surface area contributed by atoms with Crippen molar-refractivity contribution in [3.63, 3.8) is 0 Å². The molecule has 1 aromatic heterocycles. The van der Waals surface area contributed by atoms with Gasteiger partial charge in [-0.25, -0.2) is 9.37 Å². The standard InChI is InChI=1S/C13H14ClFN2/c14-7-6-13-16-11-8-9(15)4-5-12(11)17(13)10-2-1-3-10/h4-5,8,10H,1-3,6-7H2. The molecule has 1 saturated carbocycles. The lowest BCUT2D eigenvalue weighted by Gasteiger charge is -2.29. The van der Waals surface area contributed by atoms with Crippen LogP contribution in [0.3, 0.4) is 0 Å². The minimum atomic E-state index is -0.229. The van der Waals surface area contributed by atoms with E-state index in [1.54, 1.807) is 0 Å². The van der Waals surface area contributed by atoms with Crippen LogP contribution in [-0.4, -0.2) is 15.4 Å². The molecule has 0 N–H and O–H groups in total. The minimum absolute atomic E-state index is 0.229. The number of halogens is 2. The molecule has 1 heterocycles. The fraction of sp³-hybridized carbons (Fsp3) is 0.462. The lowest BCUT2D eigenvalue weighted by molar-refractivity contribution is 0.314. The zero-order chi connectivity index (χ0) is 11.8. The van der Waals surface area contributed by atoms with Crippen molar-refractivity contribution in [2.75, 3.05) is 5.88 Å². The Morgan fingerprint density at radius 2 is 2.24 bits per heavy atom. The van der Waals surface area contributed by atoms with E-state index >= 15 is 0 Å². The molecule has 0 saturated heterocycles. The average molecular weight is 253 g/mol. The smallest absolute Gasteiger partial charge is 0.125 e. The van der Waals surface area contributed by atoms with Crippen LogP contribution in [0.5, 0.6) is 0 Å². The van der Waals surface area contributed by atoms with Crippen LogP contribution in [0.4, 0.5) is 4.39 Å². The maximum Gasteiger partial charge on any atom is 0.125 e. The second-order valence-corrected chi connectivity index (χ2v) is 4.93. The predicted octanol–water partition coefficient (Wildman–Crippen LogP) is 3.68. The summed E-state index contributed by atoms with van der Waals surface area (Å²) < 4.78 is 15.4. The monoisotopic (exact) mass is 252 g/mol. The topological polar surface area (TPSA) is 17.8 Å². The SMILES string of the molecule is Fc1ccc2c(c1)nc(CCCl)n2C1CCC1. The van der Waals surface area contributed by atoms with E-state index in [0.717, 1.165) is 23.3 Å². The van der Waals surface area contributed by atoms with Gasteiger partial charge in [0.05, 0.1) is 11.0 Å². The molecule has 0 unspecified atom stereocenters. The molecule has 0 spiro atoms. The summed E-state index contributed by atoms with van der Waals surface area (Å²) in [7, 11) is 0. The minimum Gasteiger partial charge on any atom is -0.325 e. The number of rotatable bonds is 3. The largest absolute Gasteiger partial charge is 0.325 e. The first-order valence-corrected chi connectivity index (χ1v) is 6.55. The third kappa shape index (κ3) is 1.82. The summed E-state index contributed by atoms with van der Waals surface area (Å²) in [5, 5.41) is 0. The predicted molar refractivity (Wildman–Crippen MR) is 67.0 cm³/mol. The van der Waals surface area contributed by atoms with Crippen molar-refractivity contribution in [2.45, 2.75) is 31.7 Å². The van der Waals surface area contributed by atoms with E-state index in [1.807, 2.05) is 6.07 Å². The molecular formula is C13H14ClFN2. The van der Waals surface area contributed by atoms with Gasteiger partial charge in [-0.1, -0.05) is 0 Å². The van der Waals surface area contributed by atoms with Gasteiger partial charge in [-0.05, 0) is 31.4 Å². The zero-order valence-corrected chi connectivity index (χ0v) is 10.3. The van der Waals surface area contributed by atoms with Crippen LogP contribution in [0, 0.1) is 5.82 Å². The number of aryl methyl sites for hydroxylation is 1. The van der Waals surface area contributed by atoms with Gasteiger partial charge in [0.25, 0.3) is 0 Å². The lowest BCUT2D eigenvalue weighted by Crippen LogP contribution is -2.19. The first-order valence-electron chi connectivity index (χ1n) is 6.02. The van der Waals surface area contributed by atoms with Gasteiger partial charge in [-0.15, -0.1) is 11.6 Å². The van der Waals surface area contributed by atoms with Crippen molar-refractivity contribution in [1.82, 2.24) is 9.55 Å². The lowest BCUT2D eigenvalue weighted by atomic mass is 9.92. The third-order valence-corrected chi connectivity index (χ3v) is 3.67. The molecule has 0 aliphatic heterocycles. The molecule has 0 radical (unpaired) electrons. The quantitative estimate of drug-likeness (QED) is 0.762. The summed E-state index contributed by atoms with van der Waals surface area (Å²) in [6.07, 6.45) is 4.40. The maximum atomic E-state index is 13.2. The Bertz CT molecular complexity index is 546. The second-order valence-electron chi connectivity index (χ2n) is 4.55. The molecule has 4 heteroatoms.